The molecule has 0 aliphatic carbocycles. The summed E-state index contributed by atoms with van der Waals surface area (Å²) in [5.41, 5.74) is 1.36. The zero-order valence-corrected chi connectivity index (χ0v) is 17.9. The number of nitrogens with one attached hydrogen (secondary N) is 2. The number of halogens is 3. The summed E-state index contributed by atoms with van der Waals surface area (Å²) in [5.74, 6) is -2.42. The van der Waals surface area contributed by atoms with E-state index < -0.39 is 17.5 Å². The van der Waals surface area contributed by atoms with E-state index in [1.165, 1.54) is 31.2 Å². The van der Waals surface area contributed by atoms with E-state index in [-0.39, 0.29) is 35.1 Å². The summed E-state index contributed by atoms with van der Waals surface area (Å²) in [6.45, 7) is 3.58. The Morgan fingerprint density at radius 1 is 1.06 bits per heavy atom. The molecule has 4 rings (SSSR count). The molecule has 2 N–H and O–H groups in total. The van der Waals surface area contributed by atoms with Crippen molar-refractivity contribution in [2.45, 2.75) is 13.5 Å². The second-order valence-corrected chi connectivity index (χ2v) is 7.51. The molecule has 0 saturated carbocycles. The molecule has 172 valence electrons. The van der Waals surface area contributed by atoms with E-state index >= 15 is 0 Å². The number of hydrogen-bond donors (Lipinski definition) is 2. The fourth-order valence-corrected chi connectivity index (χ4v) is 3.52. The zero-order chi connectivity index (χ0) is 23.4. The van der Waals surface area contributed by atoms with Crippen molar-refractivity contribution in [3.8, 4) is 0 Å². The van der Waals surface area contributed by atoms with Crippen molar-refractivity contribution in [3.63, 3.8) is 0 Å². The van der Waals surface area contributed by atoms with E-state index in [4.69, 9.17) is 4.74 Å². The number of nitrogens with zero attached hydrogens (tertiary/aromatic N) is 3. The number of carbonyl (C=O) groups is 1. The predicted molar refractivity (Wildman–Crippen MR) is 118 cm³/mol. The Morgan fingerprint density at radius 2 is 1.85 bits per heavy atom. The van der Waals surface area contributed by atoms with Crippen LogP contribution in [0.3, 0.4) is 0 Å². The number of hydrogen-bond acceptors (Lipinski definition) is 7. The van der Waals surface area contributed by atoms with E-state index in [9.17, 15) is 18.0 Å². The Bertz CT molecular complexity index is 1170. The van der Waals surface area contributed by atoms with Crippen LogP contribution in [0.15, 0.2) is 42.5 Å². The second-order valence-electron chi connectivity index (χ2n) is 7.51. The molecule has 33 heavy (non-hydrogen) atoms. The van der Waals surface area contributed by atoms with Crippen LogP contribution in [0.4, 0.5) is 36.1 Å². The monoisotopic (exact) mass is 457 g/mol. The molecule has 0 atom stereocenters. The van der Waals surface area contributed by atoms with E-state index in [1.807, 2.05) is 4.90 Å². The number of Topliss-reactive ketones (excluding diaryl/α,β-unsaturated/α-hetero) is 1. The third-order valence-electron chi connectivity index (χ3n) is 5.20. The van der Waals surface area contributed by atoms with Crippen molar-refractivity contribution in [1.82, 2.24) is 10.2 Å². The number of aromatic nitrogens is 2. The van der Waals surface area contributed by atoms with Crippen LogP contribution < -0.4 is 15.5 Å². The van der Waals surface area contributed by atoms with Crippen molar-refractivity contribution >= 4 is 28.7 Å². The van der Waals surface area contributed by atoms with Gasteiger partial charge in [-0.05, 0) is 24.3 Å². The molecule has 0 unspecified atom stereocenters. The van der Waals surface area contributed by atoms with E-state index in [0.717, 1.165) is 6.07 Å². The number of ketones is 1. The van der Waals surface area contributed by atoms with Crippen molar-refractivity contribution in [2.75, 3.05) is 41.8 Å². The average Bonchev–Trinajstić information content (AvgIpc) is 2.80. The van der Waals surface area contributed by atoms with Gasteiger partial charge >= 0.3 is 0 Å². The molecule has 2 aromatic carbocycles. The number of anilines is 4. The summed E-state index contributed by atoms with van der Waals surface area (Å²) < 4.78 is 47.4. The quantitative estimate of drug-likeness (QED) is 0.513. The third kappa shape index (κ3) is 5.23. The maximum atomic E-state index is 14.7. The molecule has 0 spiro atoms. The number of rotatable bonds is 7. The van der Waals surface area contributed by atoms with Gasteiger partial charge in [-0.3, -0.25) is 4.79 Å². The number of ether oxygens (including phenoxy) is 1. The minimum atomic E-state index is -0.967. The van der Waals surface area contributed by atoms with E-state index in [1.54, 1.807) is 12.1 Å². The van der Waals surface area contributed by atoms with Gasteiger partial charge in [0.2, 0.25) is 0 Å². The van der Waals surface area contributed by atoms with Gasteiger partial charge < -0.3 is 20.3 Å². The highest BCUT2D eigenvalue weighted by atomic mass is 19.2. The van der Waals surface area contributed by atoms with Crippen LogP contribution in [0.2, 0.25) is 0 Å². The Hall–Kier alpha value is -3.66. The molecule has 1 fully saturated rings. The van der Waals surface area contributed by atoms with E-state index in [2.05, 4.69) is 20.8 Å². The van der Waals surface area contributed by atoms with E-state index in [0.29, 0.717) is 37.7 Å². The highest BCUT2D eigenvalue weighted by Crippen LogP contribution is 2.26. The molecule has 7 nitrogen and oxygen atoms in total. The molecule has 3 aromatic rings. The topological polar surface area (TPSA) is 79.4 Å². The maximum Gasteiger partial charge on any atom is 0.182 e. The number of benzene rings is 2. The maximum absolute atomic E-state index is 14.7. The van der Waals surface area contributed by atoms with Gasteiger partial charge in [-0.1, -0.05) is 12.1 Å². The van der Waals surface area contributed by atoms with Crippen LogP contribution in [0.25, 0.3) is 0 Å². The fourth-order valence-electron chi connectivity index (χ4n) is 3.52. The summed E-state index contributed by atoms with van der Waals surface area (Å²) in [6.07, 6.45) is 0. The van der Waals surface area contributed by atoms with Crippen LogP contribution in [0.1, 0.15) is 23.0 Å². The van der Waals surface area contributed by atoms with Crippen molar-refractivity contribution in [2.24, 2.45) is 0 Å². The fraction of sp³-hybridized carbons (Fsp3) is 0.261. The first-order chi connectivity index (χ1) is 15.9. The Morgan fingerprint density at radius 3 is 2.58 bits per heavy atom. The number of morpholine rings is 1. The van der Waals surface area contributed by atoms with Gasteiger partial charge in [0.25, 0.3) is 0 Å². The van der Waals surface area contributed by atoms with Crippen molar-refractivity contribution in [3.05, 3.63) is 71.2 Å². The Kier molecular flexibility index (Phi) is 6.74. The van der Waals surface area contributed by atoms with Gasteiger partial charge in [0, 0.05) is 43.9 Å². The minimum absolute atomic E-state index is 0.0474. The Labute approximate surface area is 188 Å². The van der Waals surface area contributed by atoms with Gasteiger partial charge in [-0.25, -0.2) is 13.2 Å². The number of carbonyl (C=O) groups excluding carboxylic acids is 1. The van der Waals surface area contributed by atoms with Crippen molar-refractivity contribution < 1.29 is 22.7 Å². The molecule has 1 saturated heterocycles. The molecule has 2 heterocycles. The van der Waals surface area contributed by atoms with Crippen LogP contribution in [0.5, 0.6) is 0 Å². The second kappa shape index (κ2) is 9.86. The first-order valence-corrected chi connectivity index (χ1v) is 10.4. The zero-order valence-electron chi connectivity index (χ0n) is 17.9. The standard InChI is InChI=1S/C23H22F3N5O2/c1-14(32)23-19(27-13-15-3-2-4-17(24)22(15)26)12-21(29-30-23)28-16-5-6-20(18(25)11-16)31-7-9-33-10-8-31/h2-6,11-12H,7-10,13H2,1H3,(H2,27,28,29). The lowest BCUT2D eigenvalue weighted by Crippen LogP contribution is -2.36. The van der Waals surface area contributed by atoms with Gasteiger partial charge in [0.05, 0.1) is 24.6 Å². The molecule has 1 aromatic heterocycles. The van der Waals surface area contributed by atoms with Crippen molar-refractivity contribution in [1.29, 1.82) is 0 Å². The smallest absolute Gasteiger partial charge is 0.182 e. The van der Waals surface area contributed by atoms with Gasteiger partial charge in [-0.2, -0.15) is 0 Å². The summed E-state index contributed by atoms with van der Waals surface area (Å²) in [6, 6.07) is 10.1. The summed E-state index contributed by atoms with van der Waals surface area (Å²) in [7, 11) is 0. The third-order valence-corrected chi connectivity index (χ3v) is 5.20. The molecular weight excluding hydrogens is 435 g/mol. The van der Waals surface area contributed by atoms with Crippen LogP contribution in [-0.2, 0) is 11.3 Å². The SMILES string of the molecule is CC(=O)c1nnc(Nc2ccc(N3CCOCC3)c(F)c2)cc1NCc1cccc(F)c1F. The summed E-state index contributed by atoms with van der Waals surface area (Å²) >= 11 is 0. The van der Waals surface area contributed by atoms with Crippen LogP contribution in [0, 0.1) is 17.5 Å². The predicted octanol–water partition coefficient (Wildman–Crippen LogP) is 4.29. The molecule has 0 amide bonds. The highest BCUT2D eigenvalue weighted by molar-refractivity contribution is 5.97. The highest BCUT2D eigenvalue weighted by Gasteiger charge is 2.17. The first-order valence-electron chi connectivity index (χ1n) is 10.4. The van der Waals surface area contributed by atoms with Crippen LogP contribution in [-0.4, -0.2) is 42.3 Å². The minimum Gasteiger partial charge on any atom is -0.379 e. The summed E-state index contributed by atoms with van der Waals surface area (Å²) in [5, 5.41) is 13.8. The lowest BCUT2D eigenvalue weighted by molar-refractivity contribution is 0.101. The molecular formula is C23H22F3N5O2. The summed E-state index contributed by atoms with van der Waals surface area (Å²) in [4.78, 5) is 13.9. The average molecular weight is 457 g/mol. The molecule has 1 aliphatic rings. The van der Waals surface area contributed by atoms with Gasteiger partial charge in [-0.15, -0.1) is 10.2 Å². The lowest BCUT2D eigenvalue weighted by Gasteiger charge is -2.29. The Balaban J connectivity index is 1.53. The molecule has 0 bridgehead atoms. The lowest BCUT2D eigenvalue weighted by atomic mass is 10.2. The van der Waals surface area contributed by atoms with Gasteiger partial charge in [0.15, 0.2) is 28.9 Å². The molecule has 0 radical (unpaired) electrons. The molecule has 1 aliphatic heterocycles. The largest absolute Gasteiger partial charge is 0.379 e. The van der Waals surface area contributed by atoms with Gasteiger partial charge in [0.1, 0.15) is 5.82 Å². The first kappa shape index (κ1) is 22.5. The normalized spacial score (nSPS) is 13.6. The molecule has 10 heteroatoms. The van der Waals surface area contributed by atoms with Crippen LogP contribution >= 0.6 is 0 Å².